The van der Waals surface area contributed by atoms with Crippen molar-refractivity contribution in [2.75, 3.05) is 6.61 Å². The Hall–Kier alpha value is -3.34. The first-order valence-corrected chi connectivity index (χ1v) is 11.9. The quantitative estimate of drug-likeness (QED) is 0.290. The van der Waals surface area contributed by atoms with Gasteiger partial charge in [0.05, 0.1) is 12.3 Å². The number of benzene rings is 2. The zero-order valence-electron chi connectivity index (χ0n) is 19.5. The molecule has 0 spiro atoms. The van der Waals surface area contributed by atoms with Crippen molar-refractivity contribution in [2.24, 2.45) is 0 Å². The van der Waals surface area contributed by atoms with Crippen LogP contribution in [-0.2, 0) is 16.1 Å². The minimum atomic E-state index is -0.300. The lowest BCUT2D eigenvalue weighted by atomic mass is 9.95. The van der Waals surface area contributed by atoms with E-state index in [9.17, 15) is 4.79 Å². The van der Waals surface area contributed by atoms with Crippen LogP contribution in [0.1, 0.15) is 63.3 Å². The molecule has 5 nitrogen and oxygen atoms in total. The van der Waals surface area contributed by atoms with Gasteiger partial charge in [0.1, 0.15) is 18.2 Å². The van der Waals surface area contributed by atoms with E-state index < -0.39 is 0 Å². The predicted molar refractivity (Wildman–Crippen MR) is 131 cm³/mol. The Balaban J connectivity index is 1.57. The average molecular weight is 445 g/mol. The highest BCUT2D eigenvalue weighted by atomic mass is 16.5. The third-order valence-electron chi connectivity index (χ3n) is 6.04. The molecule has 0 N–H and O–H groups in total. The van der Waals surface area contributed by atoms with Gasteiger partial charge < -0.3 is 14.0 Å². The van der Waals surface area contributed by atoms with E-state index in [0.29, 0.717) is 24.8 Å². The topological polar surface area (TPSA) is 53.4 Å². The third kappa shape index (κ3) is 5.92. The zero-order chi connectivity index (χ0) is 23.0. The maximum Gasteiger partial charge on any atom is 0.333 e. The summed E-state index contributed by atoms with van der Waals surface area (Å²) in [4.78, 5) is 17.0. The summed E-state index contributed by atoms with van der Waals surface area (Å²) < 4.78 is 13.4. The molecule has 0 unspecified atom stereocenters. The molecular formula is C28H32N2O3. The van der Waals surface area contributed by atoms with E-state index >= 15 is 0 Å². The molecule has 172 valence electrons. The van der Waals surface area contributed by atoms with Gasteiger partial charge in [-0.3, -0.25) is 0 Å². The first-order chi connectivity index (χ1) is 16.1. The number of carbonyl (C=O) groups excluding carboxylic acids is 1. The highest BCUT2D eigenvalue weighted by molar-refractivity contribution is 5.92. The Labute approximate surface area is 196 Å². The van der Waals surface area contributed by atoms with Crippen LogP contribution in [0.5, 0.6) is 5.75 Å². The minimum Gasteiger partial charge on any atom is -0.489 e. The molecule has 1 aliphatic rings. The molecule has 0 saturated heterocycles. The second-order valence-electron chi connectivity index (χ2n) is 8.53. The molecule has 3 aromatic rings. The van der Waals surface area contributed by atoms with E-state index in [1.807, 2.05) is 43.3 Å². The van der Waals surface area contributed by atoms with Gasteiger partial charge >= 0.3 is 5.97 Å². The van der Waals surface area contributed by atoms with E-state index in [1.54, 1.807) is 6.92 Å². The monoisotopic (exact) mass is 444 g/mol. The largest absolute Gasteiger partial charge is 0.489 e. The van der Waals surface area contributed by atoms with Gasteiger partial charge in [0.15, 0.2) is 0 Å². The smallest absolute Gasteiger partial charge is 0.333 e. The van der Waals surface area contributed by atoms with Crippen molar-refractivity contribution in [3.63, 3.8) is 0 Å². The van der Waals surface area contributed by atoms with Crippen LogP contribution in [0, 0.1) is 0 Å². The predicted octanol–water partition coefficient (Wildman–Crippen LogP) is 6.60. The number of nitrogens with zero attached hydrogens (tertiary/aromatic N) is 2. The van der Waals surface area contributed by atoms with Gasteiger partial charge in [-0.1, -0.05) is 49.6 Å². The Morgan fingerprint density at radius 2 is 1.79 bits per heavy atom. The van der Waals surface area contributed by atoms with Gasteiger partial charge in [-0.25, -0.2) is 9.78 Å². The van der Waals surface area contributed by atoms with Gasteiger partial charge in [-0.15, -0.1) is 0 Å². The van der Waals surface area contributed by atoms with Crippen molar-refractivity contribution in [1.29, 1.82) is 0 Å². The van der Waals surface area contributed by atoms with Gasteiger partial charge in [-0.2, -0.15) is 0 Å². The molecule has 0 bridgehead atoms. The summed E-state index contributed by atoms with van der Waals surface area (Å²) in [6, 6.07) is 18.7. The van der Waals surface area contributed by atoms with E-state index in [-0.39, 0.29) is 5.97 Å². The van der Waals surface area contributed by atoms with Crippen molar-refractivity contribution in [3.8, 4) is 17.1 Å². The number of carbonyl (C=O) groups is 1. The van der Waals surface area contributed by atoms with Crippen LogP contribution in [0.25, 0.3) is 17.5 Å². The average Bonchev–Trinajstić information content (AvgIpc) is 3.28. The molecule has 33 heavy (non-hydrogen) atoms. The van der Waals surface area contributed by atoms with Crippen LogP contribution < -0.4 is 4.74 Å². The van der Waals surface area contributed by atoms with Crippen molar-refractivity contribution in [2.45, 2.75) is 58.6 Å². The van der Waals surface area contributed by atoms with Gasteiger partial charge in [0.2, 0.25) is 0 Å². The van der Waals surface area contributed by atoms with Crippen molar-refractivity contribution in [3.05, 3.63) is 77.6 Å². The number of hydrogen-bond donors (Lipinski definition) is 0. The van der Waals surface area contributed by atoms with Crippen LogP contribution >= 0.6 is 0 Å². The van der Waals surface area contributed by atoms with Gasteiger partial charge in [0.25, 0.3) is 0 Å². The number of rotatable bonds is 8. The van der Waals surface area contributed by atoms with Crippen LogP contribution in [0.3, 0.4) is 0 Å². The van der Waals surface area contributed by atoms with Gasteiger partial charge in [-0.05, 0) is 62.6 Å². The minimum absolute atomic E-state index is 0.300. The fourth-order valence-electron chi connectivity index (χ4n) is 4.30. The molecule has 1 aromatic heterocycles. The summed E-state index contributed by atoms with van der Waals surface area (Å²) in [6.45, 7) is 4.49. The molecule has 2 aromatic carbocycles. The fourth-order valence-corrected chi connectivity index (χ4v) is 4.30. The molecule has 1 fully saturated rings. The van der Waals surface area contributed by atoms with Gasteiger partial charge in [0, 0.05) is 23.4 Å². The van der Waals surface area contributed by atoms with Crippen molar-refractivity contribution in [1.82, 2.24) is 9.55 Å². The second kappa shape index (κ2) is 11.0. The molecular weight excluding hydrogens is 412 g/mol. The van der Waals surface area contributed by atoms with Crippen molar-refractivity contribution >= 4 is 12.0 Å². The first kappa shape index (κ1) is 22.8. The van der Waals surface area contributed by atoms with E-state index in [4.69, 9.17) is 14.5 Å². The summed E-state index contributed by atoms with van der Waals surface area (Å²) in [6.07, 6.45) is 9.97. The lowest BCUT2D eigenvalue weighted by molar-refractivity contribution is -0.138. The maximum atomic E-state index is 12.1. The molecule has 5 heteroatoms. The molecule has 1 saturated carbocycles. The Morgan fingerprint density at radius 3 is 2.48 bits per heavy atom. The number of hydrogen-bond acceptors (Lipinski definition) is 4. The summed E-state index contributed by atoms with van der Waals surface area (Å²) in [5, 5.41) is 0. The van der Waals surface area contributed by atoms with E-state index in [2.05, 4.69) is 35.0 Å². The summed E-state index contributed by atoms with van der Waals surface area (Å²) in [5.74, 6) is 1.46. The molecule has 0 aliphatic heterocycles. The van der Waals surface area contributed by atoms with E-state index in [1.165, 1.54) is 19.3 Å². The van der Waals surface area contributed by atoms with Crippen LogP contribution in [-0.4, -0.2) is 22.1 Å². The molecule has 0 amide bonds. The zero-order valence-corrected chi connectivity index (χ0v) is 19.5. The molecule has 1 aliphatic carbocycles. The fraction of sp³-hybridized carbons (Fsp3) is 0.357. The normalized spacial score (nSPS) is 14.8. The summed E-state index contributed by atoms with van der Waals surface area (Å²) >= 11 is 0. The summed E-state index contributed by atoms with van der Waals surface area (Å²) in [5.41, 5.74) is 3.52. The molecule has 0 atom stereocenters. The molecule has 0 radical (unpaired) electrons. The SMILES string of the molecule is CCOC(=O)C(C)=Cc1cn(C2CCCCC2)c(-c2ccc(OCc3ccccc3)cc2)n1. The van der Waals surface area contributed by atoms with Crippen LogP contribution in [0.4, 0.5) is 0 Å². The lowest BCUT2D eigenvalue weighted by Gasteiger charge is -2.24. The lowest BCUT2D eigenvalue weighted by Crippen LogP contribution is -2.13. The Morgan fingerprint density at radius 1 is 1.06 bits per heavy atom. The number of aromatic nitrogens is 2. The van der Waals surface area contributed by atoms with Crippen LogP contribution in [0.15, 0.2) is 66.4 Å². The Bertz CT molecular complexity index is 1080. The highest BCUT2D eigenvalue weighted by Crippen LogP contribution is 2.33. The molecule has 1 heterocycles. The van der Waals surface area contributed by atoms with Crippen molar-refractivity contribution < 1.29 is 14.3 Å². The third-order valence-corrected chi connectivity index (χ3v) is 6.04. The number of imidazole rings is 1. The maximum absolute atomic E-state index is 12.1. The highest BCUT2D eigenvalue weighted by Gasteiger charge is 2.20. The summed E-state index contributed by atoms with van der Waals surface area (Å²) in [7, 11) is 0. The van der Waals surface area contributed by atoms with Crippen LogP contribution in [0.2, 0.25) is 0 Å². The Kier molecular flexibility index (Phi) is 7.61. The van der Waals surface area contributed by atoms with E-state index in [0.717, 1.165) is 41.2 Å². The standard InChI is InChI=1S/C28H32N2O3/c1-3-32-28(31)21(2)18-24-19-30(25-12-8-5-9-13-25)27(29-24)23-14-16-26(17-15-23)33-20-22-10-6-4-7-11-22/h4,6-7,10-11,14-19,25H,3,5,8-9,12-13,20H2,1-2H3. The second-order valence-corrected chi connectivity index (χ2v) is 8.53. The molecule has 4 rings (SSSR count). The number of esters is 1. The first-order valence-electron chi connectivity index (χ1n) is 11.9. The number of ether oxygens (including phenoxy) is 2.